The second kappa shape index (κ2) is 4.65. The molecule has 1 heterocycles. The first-order valence-corrected chi connectivity index (χ1v) is 5.96. The van der Waals surface area contributed by atoms with Crippen LogP contribution in [0.1, 0.15) is 22.1 Å². The van der Waals surface area contributed by atoms with Crippen molar-refractivity contribution in [2.24, 2.45) is 0 Å². The number of ether oxygens (including phenoxy) is 1. The van der Waals surface area contributed by atoms with Gasteiger partial charge < -0.3 is 10.1 Å². The smallest absolute Gasteiger partial charge is 0.342 e. The van der Waals surface area contributed by atoms with Crippen LogP contribution in [0.2, 0.25) is 0 Å². The first kappa shape index (κ1) is 12.2. The van der Waals surface area contributed by atoms with Crippen molar-refractivity contribution in [3.05, 3.63) is 69.8 Å². The van der Waals surface area contributed by atoms with E-state index in [1.54, 1.807) is 30.3 Å². The van der Waals surface area contributed by atoms with E-state index in [1.165, 1.54) is 12.1 Å². The van der Waals surface area contributed by atoms with E-state index in [0.717, 1.165) is 0 Å². The molecule has 6 nitrogen and oxygen atoms in total. The van der Waals surface area contributed by atoms with Gasteiger partial charge in [0, 0.05) is 17.7 Å². The van der Waals surface area contributed by atoms with Crippen molar-refractivity contribution in [3.8, 4) is 0 Å². The molecule has 1 atom stereocenters. The molecule has 20 heavy (non-hydrogen) atoms. The van der Waals surface area contributed by atoms with Gasteiger partial charge in [-0.25, -0.2) is 4.79 Å². The van der Waals surface area contributed by atoms with Gasteiger partial charge in [0.15, 0.2) is 6.23 Å². The Morgan fingerprint density at radius 3 is 2.50 bits per heavy atom. The molecular weight excluding hydrogens is 260 g/mol. The molecule has 0 unspecified atom stereocenters. The van der Waals surface area contributed by atoms with Crippen molar-refractivity contribution in [2.75, 3.05) is 5.32 Å². The zero-order valence-electron chi connectivity index (χ0n) is 10.3. The van der Waals surface area contributed by atoms with Crippen molar-refractivity contribution in [3.63, 3.8) is 0 Å². The van der Waals surface area contributed by atoms with Crippen LogP contribution in [-0.4, -0.2) is 10.9 Å². The predicted octanol–water partition coefficient (Wildman–Crippen LogP) is 2.88. The van der Waals surface area contributed by atoms with E-state index in [9.17, 15) is 14.9 Å². The van der Waals surface area contributed by atoms with Gasteiger partial charge in [0.05, 0.1) is 16.2 Å². The topological polar surface area (TPSA) is 81.5 Å². The second-order valence-corrected chi connectivity index (χ2v) is 4.32. The number of hydrogen-bond acceptors (Lipinski definition) is 5. The zero-order chi connectivity index (χ0) is 14.1. The number of cyclic esters (lactones) is 1. The molecule has 0 radical (unpaired) electrons. The van der Waals surface area contributed by atoms with Gasteiger partial charge in [-0.05, 0) is 24.3 Å². The lowest BCUT2D eigenvalue weighted by atomic mass is 10.1. The monoisotopic (exact) mass is 270 g/mol. The molecular formula is C14H10N2O4. The first-order valence-electron chi connectivity index (χ1n) is 5.96. The predicted molar refractivity (Wildman–Crippen MR) is 71.3 cm³/mol. The van der Waals surface area contributed by atoms with Gasteiger partial charge in [0.1, 0.15) is 0 Å². The van der Waals surface area contributed by atoms with Crippen molar-refractivity contribution < 1.29 is 14.5 Å². The number of benzene rings is 2. The molecule has 0 spiro atoms. The maximum absolute atomic E-state index is 11.9. The summed E-state index contributed by atoms with van der Waals surface area (Å²) in [5.74, 6) is -0.414. The number of fused-ring (bicyclic) bond motifs is 1. The molecule has 1 aliphatic heterocycles. The minimum Gasteiger partial charge on any atom is -0.434 e. The molecule has 3 rings (SSSR count). The molecule has 1 N–H and O–H groups in total. The van der Waals surface area contributed by atoms with E-state index in [4.69, 9.17) is 4.74 Å². The van der Waals surface area contributed by atoms with Crippen molar-refractivity contribution in [1.82, 2.24) is 0 Å². The molecule has 2 aromatic carbocycles. The summed E-state index contributed by atoms with van der Waals surface area (Å²) in [6, 6.07) is 12.9. The van der Waals surface area contributed by atoms with Crippen LogP contribution in [0.4, 0.5) is 11.4 Å². The fourth-order valence-corrected chi connectivity index (χ4v) is 2.05. The van der Waals surface area contributed by atoms with Crippen LogP contribution in [0, 0.1) is 10.1 Å². The molecule has 100 valence electrons. The first-order chi connectivity index (χ1) is 9.65. The Morgan fingerprint density at radius 1 is 1.10 bits per heavy atom. The van der Waals surface area contributed by atoms with Gasteiger partial charge in [0.25, 0.3) is 5.69 Å². The Labute approximate surface area is 114 Å². The average molecular weight is 270 g/mol. The van der Waals surface area contributed by atoms with Gasteiger partial charge in [0.2, 0.25) is 0 Å². The van der Waals surface area contributed by atoms with E-state index in [2.05, 4.69) is 5.32 Å². The number of carbonyl (C=O) groups excluding carboxylic acids is 1. The summed E-state index contributed by atoms with van der Waals surface area (Å²) in [4.78, 5) is 22.0. The van der Waals surface area contributed by atoms with Gasteiger partial charge in [-0.2, -0.15) is 0 Å². The van der Waals surface area contributed by atoms with Crippen LogP contribution in [0.5, 0.6) is 0 Å². The van der Waals surface area contributed by atoms with Gasteiger partial charge in [-0.1, -0.05) is 12.1 Å². The number of esters is 1. The third kappa shape index (κ3) is 2.07. The van der Waals surface area contributed by atoms with Crippen LogP contribution in [0.3, 0.4) is 0 Å². The number of rotatable bonds is 2. The van der Waals surface area contributed by atoms with Gasteiger partial charge in [-0.3, -0.25) is 10.1 Å². The summed E-state index contributed by atoms with van der Waals surface area (Å²) < 4.78 is 5.28. The Hall–Kier alpha value is -2.89. The lowest BCUT2D eigenvalue weighted by Gasteiger charge is -2.26. The fraction of sp³-hybridized carbons (Fsp3) is 0.0714. The Morgan fingerprint density at radius 2 is 1.80 bits per heavy atom. The number of carbonyl (C=O) groups is 1. The molecule has 0 amide bonds. The number of nitrogens with one attached hydrogen (secondary N) is 1. The van der Waals surface area contributed by atoms with Crippen molar-refractivity contribution in [1.29, 1.82) is 0 Å². The fourth-order valence-electron chi connectivity index (χ4n) is 2.05. The zero-order valence-corrected chi connectivity index (χ0v) is 10.3. The van der Waals surface area contributed by atoms with E-state index in [1.807, 2.05) is 6.07 Å². The minimum atomic E-state index is -0.641. The van der Waals surface area contributed by atoms with Gasteiger partial charge >= 0.3 is 5.97 Å². The Kier molecular flexibility index (Phi) is 2.83. The molecule has 0 aromatic heterocycles. The molecule has 6 heteroatoms. The SMILES string of the molecule is O=C1O[C@H](c2ccc([N+](=O)[O-])cc2)Nc2ccccc21. The lowest BCUT2D eigenvalue weighted by Crippen LogP contribution is -2.25. The highest BCUT2D eigenvalue weighted by atomic mass is 16.6. The van der Waals surface area contributed by atoms with Crippen molar-refractivity contribution in [2.45, 2.75) is 6.23 Å². The van der Waals surface area contributed by atoms with E-state index < -0.39 is 17.1 Å². The number of non-ortho nitro benzene ring substituents is 1. The summed E-state index contributed by atoms with van der Waals surface area (Å²) in [7, 11) is 0. The Bertz CT molecular complexity index is 682. The number of nitro benzene ring substituents is 1. The normalized spacial score (nSPS) is 16.8. The highest BCUT2D eigenvalue weighted by Crippen LogP contribution is 2.30. The number of para-hydroxylation sites is 1. The standard InChI is InChI=1S/C14H10N2O4/c17-14-11-3-1-2-4-12(11)15-13(20-14)9-5-7-10(8-6-9)16(18)19/h1-8,13,15H/t13-/m1/s1. The van der Waals surface area contributed by atoms with Crippen LogP contribution >= 0.6 is 0 Å². The largest absolute Gasteiger partial charge is 0.434 e. The quantitative estimate of drug-likeness (QED) is 0.515. The lowest BCUT2D eigenvalue weighted by molar-refractivity contribution is -0.384. The van der Waals surface area contributed by atoms with Crippen LogP contribution < -0.4 is 5.32 Å². The molecule has 0 bridgehead atoms. The molecule has 2 aromatic rings. The molecule has 1 aliphatic rings. The van der Waals surface area contributed by atoms with E-state index in [0.29, 0.717) is 16.8 Å². The average Bonchev–Trinajstić information content (AvgIpc) is 2.47. The summed E-state index contributed by atoms with van der Waals surface area (Å²) >= 11 is 0. The van der Waals surface area contributed by atoms with E-state index in [-0.39, 0.29) is 5.69 Å². The molecule has 0 saturated carbocycles. The third-order valence-electron chi connectivity index (χ3n) is 3.07. The van der Waals surface area contributed by atoms with E-state index >= 15 is 0 Å². The highest BCUT2D eigenvalue weighted by Gasteiger charge is 2.26. The summed E-state index contributed by atoms with van der Waals surface area (Å²) in [5, 5.41) is 13.7. The molecule has 0 fully saturated rings. The van der Waals surface area contributed by atoms with Crippen molar-refractivity contribution >= 4 is 17.3 Å². The van der Waals surface area contributed by atoms with Crippen LogP contribution in [0.25, 0.3) is 0 Å². The number of hydrogen-bond donors (Lipinski definition) is 1. The highest BCUT2D eigenvalue weighted by molar-refractivity contribution is 5.97. The number of nitrogens with zero attached hydrogens (tertiary/aromatic N) is 1. The van der Waals surface area contributed by atoms with Crippen LogP contribution in [-0.2, 0) is 4.74 Å². The maximum Gasteiger partial charge on any atom is 0.342 e. The summed E-state index contributed by atoms with van der Waals surface area (Å²) in [5.41, 5.74) is 1.81. The minimum absolute atomic E-state index is 0.00344. The van der Waals surface area contributed by atoms with Gasteiger partial charge in [-0.15, -0.1) is 0 Å². The molecule has 0 saturated heterocycles. The second-order valence-electron chi connectivity index (χ2n) is 4.32. The number of anilines is 1. The summed E-state index contributed by atoms with van der Waals surface area (Å²) in [6.45, 7) is 0. The Balaban J connectivity index is 1.90. The number of nitro groups is 1. The van der Waals surface area contributed by atoms with Crippen LogP contribution in [0.15, 0.2) is 48.5 Å². The third-order valence-corrected chi connectivity index (χ3v) is 3.07. The summed E-state index contributed by atoms with van der Waals surface area (Å²) in [6.07, 6.45) is -0.641. The molecule has 0 aliphatic carbocycles. The maximum atomic E-state index is 11.9.